The molecule has 0 spiro atoms. The first kappa shape index (κ1) is 16.8. The molecule has 0 aliphatic rings. The Kier molecular flexibility index (Phi) is 3.78. The van der Waals surface area contributed by atoms with Gasteiger partial charge in [-0.05, 0) is 50.5 Å². The zero-order valence-electron chi connectivity index (χ0n) is 16.2. The molecule has 0 aliphatic carbocycles. The van der Waals surface area contributed by atoms with E-state index in [0.29, 0.717) is 0 Å². The van der Waals surface area contributed by atoms with Gasteiger partial charge in [0.25, 0.3) is 0 Å². The summed E-state index contributed by atoms with van der Waals surface area (Å²) in [4.78, 5) is 13.2. The maximum absolute atomic E-state index is 4.64. The first-order chi connectivity index (χ1) is 14.9. The average molecular weight is 383 g/mol. The lowest BCUT2D eigenvalue weighted by Gasteiger charge is -2.12. The van der Waals surface area contributed by atoms with Crippen LogP contribution in [0.1, 0.15) is 0 Å². The molecule has 30 heavy (non-hydrogen) atoms. The summed E-state index contributed by atoms with van der Waals surface area (Å²) in [6.45, 7) is 0. The summed E-state index contributed by atoms with van der Waals surface area (Å²) in [6.07, 6.45) is 7.01. The third kappa shape index (κ3) is 2.64. The highest BCUT2D eigenvalue weighted by Crippen LogP contribution is 2.37. The Balaban J connectivity index is 1.61. The SMILES string of the molecule is c1ccc2c(c1)c1ccccc1c1cc(-c3cc(-c4cnccn4)ccn3)ccc21. The molecule has 0 unspecified atom stereocenters. The predicted octanol–water partition coefficient (Wildman–Crippen LogP) is 6.67. The molecule has 0 fully saturated rings. The maximum atomic E-state index is 4.64. The van der Waals surface area contributed by atoms with E-state index in [2.05, 4.69) is 87.7 Å². The Labute approximate surface area is 173 Å². The minimum Gasteiger partial charge on any atom is -0.261 e. The van der Waals surface area contributed by atoms with Crippen molar-refractivity contribution in [3.8, 4) is 22.5 Å². The summed E-state index contributed by atoms with van der Waals surface area (Å²) >= 11 is 0. The molecule has 2 aromatic heterocycles. The average Bonchev–Trinajstić information content (AvgIpc) is 2.84. The molecule has 0 amide bonds. The van der Waals surface area contributed by atoms with Crippen LogP contribution >= 0.6 is 0 Å². The summed E-state index contributed by atoms with van der Waals surface area (Å²) in [5.41, 5.74) is 3.88. The van der Waals surface area contributed by atoms with Gasteiger partial charge in [0.2, 0.25) is 0 Å². The van der Waals surface area contributed by atoms with Crippen LogP contribution in [0.4, 0.5) is 0 Å². The fourth-order valence-electron chi connectivity index (χ4n) is 4.26. The van der Waals surface area contributed by atoms with Gasteiger partial charge in [0.05, 0.1) is 17.6 Å². The number of nitrogens with zero attached hydrogens (tertiary/aromatic N) is 3. The van der Waals surface area contributed by atoms with Gasteiger partial charge in [0.1, 0.15) is 0 Å². The lowest BCUT2D eigenvalue weighted by molar-refractivity contribution is 1.20. The molecule has 0 radical (unpaired) electrons. The minimum absolute atomic E-state index is 0.846. The van der Waals surface area contributed by atoms with Crippen molar-refractivity contribution in [1.29, 1.82) is 0 Å². The highest BCUT2D eigenvalue weighted by Gasteiger charge is 2.10. The molecular formula is C27H17N3. The Morgan fingerprint density at radius 3 is 1.70 bits per heavy atom. The van der Waals surface area contributed by atoms with Crippen molar-refractivity contribution in [3.05, 3.63) is 104 Å². The quantitative estimate of drug-likeness (QED) is 0.314. The van der Waals surface area contributed by atoms with E-state index in [1.54, 1.807) is 18.6 Å². The zero-order chi connectivity index (χ0) is 19.9. The van der Waals surface area contributed by atoms with E-state index in [0.717, 1.165) is 22.5 Å². The van der Waals surface area contributed by atoms with Gasteiger partial charge in [-0.15, -0.1) is 0 Å². The smallest absolute Gasteiger partial charge is 0.0886 e. The molecule has 2 heterocycles. The Morgan fingerprint density at radius 2 is 1.03 bits per heavy atom. The van der Waals surface area contributed by atoms with E-state index < -0.39 is 0 Å². The van der Waals surface area contributed by atoms with E-state index >= 15 is 0 Å². The Morgan fingerprint density at radius 1 is 0.433 bits per heavy atom. The van der Waals surface area contributed by atoms with Crippen molar-refractivity contribution in [2.45, 2.75) is 0 Å². The van der Waals surface area contributed by atoms with Crippen molar-refractivity contribution < 1.29 is 0 Å². The molecule has 0 bridgehead atoms. The first-order valence-electron chi connectivity index (χ1n) is 9.94. The van der Waals surface area contributed by atoms with E-state index in [4.69, 9.17) is 0 Å². The summed E-state index contributed by atoms with van der Waals surface area (Å²) in [6, 6.07) is 27.9. The van der Waals surface area contributed by atoms with Gasteiger partial charge in [-0.25, -0.2) is 0 Å². The first-order valence-corrected chi connectivity index (χ1v) is 9.94. The lowest BCUT2D eigenvalue weighted by atomic mass is 9.92. The third-order valence-corrected chi connectivity index (χ3v) is 5.66. The van der Waals surface area contributed by atoms with Gasteiger partial charge >= 0.3 is 0 Å². The molecule has 0 N–H and O–H groups in total. The minimum atomic E-state index is 0.846. The molecule has 3 heteroatoms. The summed E-state index contributed by atoms with van der Waals surface area (Å²) < 4.78 is 0. The topological polar surface area (TPSA) is 38.7 Å². The molecule has 4 aromatic carbocycles. The van der Waals surface area contributed by atoms with Gasteiger partial charge in [-0.2, -0.15) is 0 Å². The fraction of sp³-hybridized carbons (Fsp3) is 0. The van der Waals surface area contributed by atoms with E-state index in [1.807, 2.05) is 12.3 Å². The monoisotopic (exact) mass is 383 g/mol. The van der Waals surface area contributed by atoms with Crippen LogP contribution in [-0.4, -0.2) is 15.0 Å². The van der Waals surface area contributed by atoms with Gasteiger partial charge < -0.3 is 0 Å². The van der Waals surface area contributed by atoms with E-state index in [-0.39, 0.29) is 0 Å². The van der Waals surface area contributed by atoms with Crippen LogP contribution in [0.25, 0.3) is 54.8 Å². The highest BCUT2D eigenvalue weighted by molar-refractivity contribution is 6.25. The summed E-state index contributed by atoms with van der Waals surface area (Å²) in [5, 5.41) is 7.61. The highest BCUT2D eigenvalue weighted by atomic mass is 14.8. The number of fused-ring (bicyclic) bond motifs is 6. The molecule has 0 saturated carbocycles. The van der Waals surface area contributed by atoms with Crippen molar-refractivity contribution in [2.75, 3.05) is 0 Å². The predicted molar refractivity (Wildman–Crippen MR) is 123 cm³/mol. The van der Waals surface area contributed by atoms with Crippen LogP contribution in [0, 0.1) is 0 Å². The van der Waals surface area contributed by atoms with Crippen LogP contribution in [-0.2, 0) is 0 Å². The molecule has 6 rings (SSSR count). The molecule has 140 valence electrons. The number of aromatic nitrogens is 3. The second-order valence-electron chi connectivity index (χ2n) is 7.37. The molecule has 6 aromatic rings. The third-order valence-electron chi connectivity index (χ3n) is 5.66. The Hall–Kier alpha value is -4.11. The van der Waals surface area contributed by atoms with E-state index in [9.17, 15) is 0 Å². The van der Waals surface area contributed by atoms with Crippen LogP contribution in [0.2, 0.25) is 0 Å². The van der Waals surface area contributed by atoms with Gasteiger partial charge in [-0.1, -0.05) is 60.7 Å². The zero-order valence-corrected chi connectivity index (χ0v) is 16.2. The van der Waals surface area contributed by atoms with Crippen molar-refractivity contribution >= 4 is 32.3 Å². The summed E-state index contributed by atoms with van der Waals surface area (Å²) in [5.74, 6) is 0. The van der Waals surface area contributed by atoms with Gasteiger partial charge in [0, 0.05) is 29.7 Å². The number of rotatable bonds is 2. The second-order valence-corrected chi connectivity index (χ2v) is 7.37. The van der Waals surface area contributed by atoms with Gasteiger partial charge in [0.15, 0.2) is 0 Å². The summed E-state index contributed by atoms with van der Waals surface area (Å²) in [7, 11) is 0. The van der Waals surface area contributed by atoms with Crippen LogP contribution < -0.4 is 0 Å². The lowest BCUT2D eigenvalue weighted by Crippen LogP contribution is -1.89. The van der Waals surface area contributed by atoms with Crippen LogP contribution in [0.3, 0.4) is 0 Å². The van der Waals surface area contributed by atoms with Crippen LogP contribution in [0.5, 0.6) is 0 Å². The van der Waals surface area contributed by atoms with Crippen molar-refractivity contribution in [1.82, 2.24) is 15.0 Å². The number of pyridine rings is 1. The second kappa shape index (κ2) is 6.75. The van der Waals surface area contributed by atoms with Crippen LogP contribution in [0.15, 0.2) is 104 Å². The fourth-order valence-corrected chi connectivity index (χ4v) is 4.26. The number of hydrogen-bond acceptors (Lipinski definition) is 3. The molecule has 0 aliphatic heterocycles. The number of benzene rings is 4. The molecular weight excluding hydrogens is 366 g/mol. The normalized spacial score (nSPS) is 11.3. The van der Waals surface area contributed by atoms with Crippen molar-refractivity contribution in [3.63, 3.8) is 0 Å². The Bertz CT molecular complexity index is 1500. The van der Waals surface area contributed by atoms with Gasteiger partial charge in [-0.3, -0.25) is 15.0 Å². The van der Waals surface area contributed by atoms with Crippen molar-refractivity contribution in [2.24, 2.45) is 0 Å². The standard InChI is InChI=1S/C27H17N3/c1-2-7-22-20(5-1)21-6-3-4-8-23(21)25-15-18(9-10-24(22)25)26-16-19(11-12-29-26)27-17-28-13-14-30-27/h1-17H. The molecule has 3 nitrogen and oxygen atoms in total. The molecule has 0 atom stereocenters. The maximum Gasteiger partial charge on any atom is 0.0886 e. The largest absolute Gasteiger partial charge is 0.261 e. The molecule has 0 saturated heterocycles. The number of hydrogen-bond donors (Lipinski definition) is 0. The van der Waals surface area contributed by atoms with E-state index in [1.165, 1.54) is 32.3 Å².